The molecule has 0 amide bonds. The molecular formula is C29H31ClFNO5. The van der Waals surface area contributed by atoms with E-state index in [-0.39, 0.29) is 29.8 Å². The Hall–Kier alpha value is -3.10. The third-order valence-electron chi connectivity index (χ3n) is 6.04. The molecule has 3 rings (SSSR count). The molecule has 8 heteroatoms. The van der Waals surface area contributed by atoms with Gasteiger partial charge in [0.2, 0.25) is 0 Å². The van der Waals surface area contributed by atoms with Crippen molar-refractivity contribution < 1.29 is 28.9 Å². The van der Waals surface area contributed by atoms with Crippen LogP contribution < -0.4 is 5.32 Å². The minimum absolute atomic E-state index is 0.0862. The van der Waals surface area contributed by atoms with Gasteiger partial charge >= 0.3 is 5.97 Å². The van der Waals surface area contributed by atoms with Gasteiger partial charge in [-0.1, -0.05) is 66.2 Å². The Morgan fingerprint density at radius 1 is 1.08 bits per heavy atom. The third-order valence-corrected chi connectivity index (χ3v) is 6.34. The maximum Gasteiger partial charge on any atom is 0.377 e. The smallest absolute Gasteiger partial charge is 0.377 e. The number of benzene rings is 3. The fourth-order valence-electron chi connectivity index (χ4n) is 4.06. The van der Waals surface area contributed by atoms with Crippen molar-refractivity contribution in [3.8, 4) is 11.1 Å². The SMILES string of the molecule is C[C@@H](OC[C@H](O)CNC(C)(C)Cc1ccc(Cl)c(F)c1)c1ccccc1-c1ccc(C(=O)C(=O)O)cc1. The Balaban J connectivity index is 1.57. The normalized spacial score (nSPS) is 13.2. The van der Waals surface area contributed by atoms with Gasteiger partial charge in [0, 0.05) is 17.6 Å². The number of hydrogen-bond acceptors (Lipinski definition) is 5. The zero-order chi connectivity index (χ0) is 27.2. The van der Waals surface area contributed by atoms with Gasteiger partial charge in [-0.15, -0.1) is 0 Å². The lowest BCUT2D eigenvalue weighted by molar-refractivity contribution is -0.131. The first-order chi connectivity index (χ1) is 17.5. The molecule has 0 spiro atoms. The van der Waals surface area contributed by atoms with Crippen LogP contribution in [0.5, 0.6) is 0 Å². The zero-order valence-electron chi connectivity index (χ0n) is 21.0. The second-order valence-corrected chi connectivity index (χ2v) is 10.0. The summed E-state index contributed by atoms with van der Waals surface area (Å²) in [6.07, 6.45) is -0.552. The van der Waals surface area contributed by atoms with Gasteiger partial charge in [0.25, 0.3) is 5.78 Å². The molecule has 0 fully saturated rings. The highest BCUT2D eigenvalue weighted by atomic mass is 35.5. The number of β-amino-alcohol motifs (C(OH)–C–C–N with tert-alkyl or cyclic N) is 1. The number of aliphatic hydroxyl groups is 1. The molecule has 0 aliphatic rings. The maximum atomic E-state index is 13.8. The number of Topliss-reactive ketones (excluding diaryl/α,β-unsaturated/α-hetero) is 1. The summed E-state index contributed by atoms with van der Waals surface area (Å²) >= 11 is 5.76. The lowest BCUT2D eigenvalue weighted by Crippen LogP contribution is -2.46. The fourth-order valence-corrected chi connectivity index (χ4v) is 4.18. The van der Waals surface area contributed by atoms with Crippen molar-refractivity contribution in [3.05, 3.63) is 94.3 Å². The first-order valence-corrected chi connectivity index (χ1v) is 12.3. The highest BCUT2D eigenvalue weighted by Crippen LogP contribution is 2.30. The molecule has 0 heterocycles. The number of nitrogens with one attached hydrogen (secondary N) is 1. The van der Waals surface area contributed by atoms with E-state index in [2.05, 4.69) is 5.32 Å². The minimum atomic E-state index is -1.49. The summed E-state index contributed by atoms with van der Waals surface area (Å²) in [6, 6.07) is 18.7. The summed E-state index contributed by atoms with van der Waals surface area (Å²) in [4.78, 5) is 22.6. The zero-order valence-corrected chi connectivity index (χ0v) is 21.8. The Morgan fingerprint density at radius 3 is 2.41 bits per heavy atom. The van der Waals surface area contributed by atoms with E-state index < -0.39 is 29.2 Å². The molecule has 3 aromatic rings. The van der Waals surface area contributed by atoms with E-state index >= 15 is 0 Å². The van der Waals surface area contributed by atoms with Crippen LogP contribution in [0, 0.1) is 5.82 Å². The molecule has 3 aromatic carbocycles. The standard InChI is InChI=1S/C29H31ClFNO5/c1-18(23-6-4-5-7-24(23)20-9-11-21(12-10-20)27(34)28(35)36)37-17-22(33)16-32-29(2,3)15-19-8-13-25(30)26(31)14-19/h4-14,18,22,32-33H,15-17H2,1-3H3,(H,35,36)/t18-,22-/m1/s1. The molecule has 0 saturated carbocycles. The Labute approximate surface area is 221 Å². The van der Waals surface area contributed by atoms with Crippen molar-refractivity contribution in [2.45, 2.75) is 44.9 Å². The molecule has 2 atom stereocenters. The van der Waals surface area contributed by atoms with Gasteiger partial charge < -0.3 is 20.3 Å². The third kappa shape index (κ3) is 7.94. The number of hydrogen-bond donors (Lipinski definition) is 3. The predicted octanol–water partition coefficient (Wildman–Crippen LogP) is 5.46. The first-order valence-electron chi connectivity index (χ1n) is 11.9. The Morgan fingerprint density at radius 2 is 1.76 bits per heavy atom. The number of ketones is 1. The highest BCUT2D eigenvalue weighted by Gasteiger charge is 2.21. The molecule has 3 N–H and O–H groups in total. The summed E-state index contributed by atoms with van der Waals surface area (Å²) in [5.74, 6) is -2.91. The van der Waals surface area contributed by atoms with Gasteiger partial charge in [0.05, 0.1) is 23.8 Å². The van der Waals surface area contributed by atoms with E-state index in [1.807, 2.05) is 45.0 Å². The second kappa shape index (κ2) is 12.4. The Bertz CT molecular complexity index is 1250. The van der Waals surface area contributed by atoms with Gasteiger partial charge in [-0.25, -0.2) is 9.18 Å². The molecule has 0 bridgehead atoms. The van der Waals surface area contributed by atoms with Crippen LogP contribution in [0.1, 0.15) is 48.4 Å². The topological polar surface area (TPSA) is 95.9 Å². The van der Waals surface area contributed by atoms with Crippen LogP contribution in [0.15, 0.2) is 66.7 Å². The van der Waals surface area contributed by atoms with Crippen molar-refractivity contribution in [2.75, 3.05) is 13.2 Å². The quantitative estimate of drug-likeness (QED) is 0.214. The number of carbonyl (C=O) groups is 2. The summed E-state index contributed by atoms with van der Waals surface area (Å²) in [5.41, 5.74) is 3.11. The van der Waals surface area contributed by atoms with Crippen LogP contribution >= 0.6 is 11.6 Å². The number of halogens is 2. The van der Waals surface area contributed by atoms with Crippen LogP contribution in [0.25, 0.3) is 11.1 Å². The van der Waals surface area contributed by atoms with Crippen molar-refractivity contribution in [2.24, 2.45) is 0 Å². The molecule has 0 radical (unpaired) electrons. The molecule has 196 valence electrons. The van der Waals surface area contributed by atoms with E-state index in [0.717, 1.165) is 22.3 Å². The molecule has 0 unspecified atom stereocenters. The van der Waals surface area contributed by atoms with Crippen molar-refractivity contribution in [1.82, 2.24) is 5.32 Å². The Kier molecular flexibility index (Phi) is 9.56. The lowest BCUT2D eigenvalue weighted by atomic mass is 9.94. The van der Waals surface area contributed by atoms with E-state index in [1.54, 1.807) is 18.2 Å². The fraction of sp³-hybridized carbons (Fsp3) is 0.310. The average Bonchev–Trinajstić information content (AvgIpc) is 2.87. The van der Waals surface area contributed by atoms with Crippen LogP contribution in [0.2, 0.25) is 5.02 Å². The number of aliphatic hydroxyl groups excluding tert-OH is 1. The van der Waals surface area contributed by atoms with Crippen LogP contribution in [0.3, 0.4) is 0 Å². The lowest BCUT2D eigenvalue weighted by Gasteiger charge is -2.28. The number of rotatable bonds is 12. The van der Waals surface area contributed by atoms with Gasteiger partial charge in [-0.05, 0) is 61.6 Å². The highest BCUT2D eigenvalue weighted by molar-refractivity contribution is 6.39. The molecule has 37 heavy (non-hydrogen) atoms. The average molecular weight is 528 g/mol. The summed E-state index contributed by atoms with van der Waals surface area (Å²) in [6.45, 7) is 6.22. The number of carboxylic acids is 1. The van der Waals surface area contributed by atoms with Gasteiger partial charge in [0.1, 0.15) is 5.82 Å². The van der Waals surface area contributed by atoms with Crippen molar-refractivity contribution >= 4 is 23.4 Å². The molecular weight excluding hydrogens is 497 g/mol. The number of aliphatic carboxylic acids is 1. The number of carbonyl (C=O) groups excluding carboxylic acids is 1. The van der Waals surface area contributed by atoms with Crippen LogP contribution in [0.4, 0.5) is 4.39 Å². The number of ether oxygens (including phenoxy) is 1. The summed E-state index contributed by atoms with van der Waals surface area (Å²) in [5, 5.41) is 22.8. The van der Waals surface area contributed by atoms with Gasteiger partial charge in [0.15, 0.2) is 0 Å². The molecule has 0 aromatic heterocycles. The minimum Gasteiger partial charge on any atom is -0.475 e. The van der Waals surface area contributed by atoms with Crippen molar-refractivity contribution in [3.63, 3.8) is 0 Å². The van der Waals surface area contributed by atoms with E-state index in [0.29, 0.717) is 6.42 Å². The second-order valence-electron chi connectivity index (χ2n) is 9.62. The molecule has 0 aliphatic heterocycles. The van der Waals surface area contributed by atoms with Crippen LogP contribution in [-0.2, 0) is 16.0 Å². The van der Waals surface area contributed by atoms with Gasteiger partial charge in [-0.2, -0.15) is 0 Å². The first kappa shape index (κ1) is 28.5. The number of carboxylic acid groups (broad SMARTS) is 1. The monoisotopic (exact) mass is 527 g/mol. The summed E-state index contributed by atoms with van der Waals surface area (Å²) < 4.78 is 19.7. The maximum absolute atomic E-state index is 13.8. The predicted molar refractivity (Wildman–Crippen MR) is 141 cm³/mol. The van der Waals surface area contributed by atoms with Gasteiger partial charge in [-0.3, -0.25) is 4.79 Å². The molecule has 0 aliphatic carbocycles. The van der Waals surface area contributed by atoms with E-state index in [1.165, 1.54) is 24.3 Å². The molecule has 0 saturated heterocycles. The van der Waals surface area contributed by atoms with E-state index in [9.17, 15) is 19.1 Å². The van der Waals surface area contributed by atoms with E-state index in [4.69, 9.17) is 21.4 Å². The van der Waals surface area contributed by atoms with Crippen LogP contribution in [-0.4, -0.2) is 46.8 Å². The van der Waals surface area contributed by atoms with Crippen molar-refractivity contribution in [1.29, 1.82) is 0 Å². The molecule has 6 nitrogen and oxygen atoms in total. The summed E-state index contributed by atoms with van der Waals surface area (Å²) in [7, 11) is 0. The largest absolute Gasteiger partial charge is 0.475 e.